The Morgan fingerprint density at radius 2 is 2.11 bits per heavy atom. The summed E-state index contributed by atoms with van der Waals surface area (Å²) in [6, 6.07) is 4.18. The highest BCUT2D eigenvalue weighted by molar-refractivity contribution is 5.27. The zero-order valence-electron chi connectivity index (χ0n) is 11.6. The number of aromatic amines is 1. The van der Waals surface area contributed by atoms with Gasteiger partial charge in [0.05, 0.1) is 5.69 Å². The molecule has 0 atom stereocenters. The minimum atomic E-state index is 1.03. The molecule has 4 nitrogen and oxygen atoms in total. The van der Waals surface area contributed by atoms with Gasteiger partial charge in [0, 0.05) is 56.3 Å². The number of fused-ring (bicyclic) bond motifs is 1. The molecule has 0 fully saturated rings. The predicted molar refractivity (Wildman–Crippen MR) is 76.0 cm³/mol. The lowest BCUT2D eigenvalue weighted by Gasteiger charge is -2.27. The van der Waals surface area contributed by atoms with Gasteiger partial charge in [-0.3, -0.25) is 10.00 Å². The Bertz CT molecular complexity index is 499. The lowest BCUT2D eigenvalue weighted by molar-refractivity contribution is 0.245. The first-order valence-corrected chi connectivity index (χ1v) is 7.25. The highest BCUT2D eigenvalue weighted by Gasteiger charge is 2.20. The van der Waals surface area contributed by atoms with Crippen LogP contribution >= 0.6 is 0 Å². The van der Waals surface area contributed by atoms with Crippen LogP contribution in [0.3, 0.4) is 0 Å². The van der Waals surface area contributed by atoms with Crippen LogP contribution in [0.2, 0.25) is 0 Å². The zero-order valence-corrected chi connectivity index (χ0v) is 11.6. The third-order valence-corrected chi connectivity index (χ3v) is 3.99. The minimum absolute atomic E-state index is 1.03. The second-order valence-corrected chi connectivity index (χ2v) is 5.28. The number of hydrogen-bond acceptors (Lipinski definition) is 2. The first kappa shape index (κ1) is 12.5. The van der Waals surface area contributed by atoms with Gasteiger partial charge in [0.15, 0.2) is 0 Å². The van der Waals surface area contributed by atoms with Crippen LogP contribution in [-0.4, -0.2) is 32.8 Å². The summed E-state index contributed by atoms with van der Waals surface area (Å²) in [7, 11) is 0. The summed E-state index contributed by atoms with van der Waals surface area (Å²) in [6.07, 6.45) is 7.64. The first-order valence-electron chi connectivity index (χ1n) is 7.25. The monoisotopic (exact) mass is 258 g/mol. The Morgan fingerprint density at radius 1 is 1.26 bits per heavy atom. The number of nitrogens with one attached hydrogen (secondary N) is 1. The number of rotatable bonds is 5. The second kappa shape index (κ2) is 5.61. The maximum atomic E-state index is 4.42. The molecule has 0 spiro atoms. The fourth-order valence-corrected chi connectivity index (χ4v) is 2.89. The van der Waals surface area contributed by atoms with Gasteiger partial charge >= 0.3 is 0 Å². The molecule has 0 saturated carbocycles. The Balaban J connectivity index is 1.53. The van der Waals surface area contributed by atoms with Crippen LogP contribution in [-0.2, 0) is 25.9 Å². The van der Waals surface area contributed by atoms with Gasteiger partial charge in [-0.25, -0.2) is 0 Å². The maximum Gasteiger partial charge on any atom is 0.0667 e. The second-order valence-electron chi connectivity index (χ2n) is 5.28. The van der Waals surface area contributed by atoms with Gasteiger partial charge in [-0.05, 0) is 25.0 Å². The summed E-state index contributed by atoms with van der Waals surface area (Å²) in [5, 5.41) is 7.61. The number of hydrogen-bond donors (Lipinski definition) is 1. The molecule has 3 rings (SSSR count). The van der Waals surface area contributed by atoms with Crippen LogP contribution < -0.4 is 0 Å². The van der Waals surface area contributed by atoms with Crippen molar-refractivity contribution in [2.45, 2.75) is 39.3 Å². The van der Waals surface area contributed by atoms with Crippen molar-refractivity contribution >= 4 is 0 Å². The van der Waals surface area contributed by atoms with Crippen molar-refractivity contribution in [2.75, 3.05) is 13.1 Å². The number of aromatic nitrogens is 3. The van der Waals surface area contributed by atoms with Crippen LogP contribution in [0.5, 0.6) is 0 Å². The van der Waals surface area contributed by atoms with Crippen molar-refractivity contribution in [1.82, 2.24) is 19.7 Å². The fourth-order valence-electron chi connectivity index (χ4n) is 2.89. The molecule has 102 valence electrons. The molecule has 0 radical (unpaired) electrons. The van der Waals surface area contributed by atoms with Gasteiger partial charge < -0.3 is 4.57 Å². The van der Waals surface area contributed by atoms with Crippen molar-refractivity contribution in [1.29, 1.82) is 0 Å². The maximum absolute atomic E-state index is 4.42. The van der Waals surface area contributed by atoms with E-state index >= 15 is 0 Å². The molecular weight excluding hydrogens is 236 g/mol. The standard InChI is InChI=1S/C15H22N4/c1-2-14-13-12-19(11-6-15(13)17-16-14)10-5-9-18-7-3-4-8-18/h3-4,7-8H,2,5-6,9-12H2,1H3,(H,16,17). The normalized spacial score (nSPS) is 15.6. The molecule has 3 heterocycles. The van der Waals surface area contributed by atoms with E-state index < -0.39 is 0 Å². The van der Waals surface area contributed by atoms with Crippen molar-refractivity contribution in [3.63, 3.8) is 0 Å². The van der Waals surface area contributed by atoms with E-state index in [0.717, 1.165) is 32.5 Å². The number of aryl methyl sites for hydroxylation is 2. The molecule has 0 unspecified atom stereocenters. The average molecular weight is 258 g/mol. The molecule has 0 aromatic carbocycles. The van der Waals surface area contributed by atoms with E-state index in [0.29, 0.717) is 0 Å². The van der Waals surface area contributed by atoms with Gasteiger partial charge in [0.2, 0.25) is 0 Å². The predicted octanol–water partition coefficient (Wildman–Crippen LogP) is 2.22. The van der Waals surface area contributed by atoms with Gasteiger partial charge in [-0.2, -0.15) is 5.10 Å². The van der Waals surface area contributed by atoms with Crippen molar-refractivity contribution in [2.24, 2.45) is 0 Å². The zero-order chi connectivity index (χ0) is 13.1. The van der Waals surface area contributed by atoms with Gasteiger partial charge in [0.25, 0.3) is 0 Å². The van der Waals surface area contributed by atoms with E-state index in [1.807, 2.05) is 0 Å². The molecule has 2 aromatic rings. The van der Waals surface area contributed by atoms with E-state index in [9.17, 15) is 0 Å². The Morgan fingerprint density at radius 3 is 2.89 bits per heavy atom. The molecule has 19 heavy (non-hydrogen) atoms. The fraction of sp³-hybridized carbons (Fsp3) is 0.533. The average Bonchev–Trinajstić information content (AvgIpc) is 3.07. The van der Waals surface area contributed by atoms with Crippen LogP contribution in [0.4, 0.5) is 0 Å². The van der Waals surface area contributed by atoms with E-state index in [-0.39, 0.29) is 0 Å². The molecule has 2 aromatic heterocycles. The van der Waals surface area contributed by atoms with Gasteiger partial charge in [0.1, 0.15) is 0 Å². The van der Waals surface area contributed by atoms with Crippen molar-refractivity contribution in [3.8, 4) is 0 Å². The van der Waals surface area contributed by atoms with Crippen molar-refractivity contribution < 1.29 is 0 Å². The molecule has 0 saturated heterocycles. The molecule has 1 aliphatic rings. The van der Waals surface area contributed by atoms with E-state index in [2.05, 4.69) is 51.1 Å². The van der Waals surface area contributed by atoms with Crippen LogP contribution in [0, 0.1) is 0 Å². The summed E-state index contributed by atoms with van der Waals surface area (Å²) in [4.78, 5) is 2.56. The molecule has 1 N–H and O–H groups in total. The summed E-state index contributed by atoms with van der Waals surface area (Å²) < 4.78 is 2.25. The quantitative estimate of drug-likeness (QED) is 0.893. The summed E-state index contributed by atoms with van der Waals surface area (Å²) in [5.74, 6) is 0. The van der Waals surface area contributed by atoms with E-state index in [4.69, 9.17) is 0 Å². The lowest BCUT2D eigenvalue weighted by atomic mass is 10.0. The van der Waals surface area contributed by atoms with Crippen LogP contribution in [0.1, 0.15) is 30.3 Å². The largest absolute Gasteiger partial charge is 0.354 e. The lowest BCUT2D eigenvalue weighted by Crippen LogP contribution is -2.32. The van der Waals surface area contributed by atoms with Gasteiger partial charge in [-0.1, -0.05) is 6.92 Å². The van der Waals surface area contributed by atoms with Crippen LogP contribution in [0.15, 0.2) is 24.5 Å². The smallest absolute Gasteiger partial charge is 0.0667 e. The molecule has 4 heteroatoms. The van der Waals surface area contributed by atoms with E-state index in [1.54, 1.807) is 0 Å². The SMILES string of the molecule is CCc1n[nH]c2c1CN(CCCn1cccc1)CC2. The highest BCUT2D eigenvalue weighted by atomic mass is 15.2. The number of nitrogens with zero attached hydrogens (tertiary/aromatic N) is 3. The number of H-pyrrole nitrogens is 1. The summed E-state index contributed by atoms with van der Waals surface area (Å²) in [6.45, 7) is 6.69. The Kier molecular flexibility index (Phi) is 3.69. The molecule has 0 amide bonds. The summed E-state index contributed by atoms with van der Waals surface area (Å²) >= 11 is 0. The molecule has 0 bridgehead atoms. The molecule has 0 aliphatic carbocycles. The van der Waals surface area contributed by atoms with Crippen LogP contribution in [0.25, 0.3) is 0 Å². The Hall–Kier alpha value is -1.55. The Labute approximate surface area is 114 Å². The van der Waals surface area contributed by atoms with Gasteiger partial charge in [-0.15, -0.1) is 0 Å². The molecular formula is C15H22N4. The third-order valence-electron chi connectivity index (χ3n) is 3.99. The third kappa shape index (κ3) is 2.73. The van der Waals surface area contributed by atoms with Crippen molar-refractivity contribution in [3.05, 3.63) is 41.5 Å². The molecule has 1 aliphatic heterocycles. The highest BCUT2D eigenvalue weighted by Crippen LogP contribution is 2.20. The van der Waals surface area contributed by atoms with E-state index in [1.165, 1.54) is 29.9 Å². The summed E-state index contributed by atoms with van der Waals surface area (Å²) in [5.41, 5.74) is 4.07. The topological polar surface area (TPSA) is 36.9 Å². The minimum Gasteiger partial charge on any atom is -0.354 e. The first-order chi connectivity index (χ1) is 9.36.